The number of rotatable bonds is 2. The molecule has 78 valence electrons. The normalized spacial score (nSPS) is 10.3. The summed E-state index contributed by atoms with van der Waals surface area (Å²) in [7, 11) is 1.52. The second kappa shape index (κ2) is 3.56. The van der Waals surface area contributed by atoms with Gasteiger partial charge in [0.2, 0.25) is 11.6 Å². The summed E-state index contributed by atoms with van der Waals surface area (Å²) in [6, 6.07) is 1.87. The van der Waals surface area contributed by atoms with Crippen molar-refractivity contribution in [1.82, 2.24) is 19.7 Å². The fraction of sp³-hybridized carbons (Fsp3) is 0.222. The number of hydrogen-bond donors (Lipinski definition) is 1. The number of nitrogens with two attached hydrogens (primary N) is 1. The molecule has 2 aromatic rings. The fourth-order valence-corrected chi connectivity index (χ4v) is 1.27. The molecule has 0 spiro atoms. The smallest absolute Gasteiger partial charge is 0.206 e. The van der Waals surface area contributed by atoms with Crippen molar-refractivity contribution in [3.8, 4) is 11.6 Å². The van der Waals surface area contributed by atoms with Crippen molar-refractivity contribution in [2.24, 2.45) is 0 Å². The standard InChI is InChI=1S/C9H11N5O/c1-6-3-4-14(13-6)9-7(15-2)8(10)11-5-12-9/h3-5H,1-2H3,(H2,10,11,12). The molecule has 2 heterocycles. The molecule has 0 saturated carbocycles. The number of nitrogen functional groups attached to an aromatic ring is 1. The molecule has 6 heteroatoms. The Labute approximate surface area is 86.7 Å². The average Bonchev–Trinajstić information content (AvgIpc) is 2.64. The third-order valence-corrected chi connectivity index (χ3v) is 1.96. The maximum Gasteiger partial charge on any atom is 0.206 e. The van der Waals surface area contributed by atoms with Gasteiger partial charge in [0.25, 0.3) is 0 Å². The van der Waals surface area contributed by atoms with Gasteiger partial charge in [0, 0.05) is 6.20 Å². The van der Waals surface area contributed by atoms with Gasteiger partial charge in [-0.1, -0.05) is 0 Å². The van der Waals surface area contributed by atoms with E-state index in [-0.39, 0.29) is 0 Å². The Balaban J connectivity index is 2.57. The fourth-order valence-electron chi connectivity index (χ4n) is 1.27. The van der Waals surface area contributed by atoms with Crippen LogP contribution in [-0.4, -0.2) is 26.9 Å². The van der Waals surface area contributed by atoms with Crippen molar-refractivity contribution >= 4 is 5.82 Å². The van der Waals surface area contributed by atoms with E-state index in [4.69, 9.17) is 10.5 Å². The molecule has 0 amide bonds. The molecule has 0 atom stereocenters. The van der Waals surface area contributed by atoms with Crippen LogP contribution in [0.1, 0.15) is 5.69 Å². The van der Waals surface area contributed by atoms with Crippen LogP contribution in [-0.2, 0) is 0 Å². The summed E-state index contributed by atoms with van der Waals surface area (Å²) in [6.45, 7) is 1.90. The van der Waals surface area contributed by atoms with Gasteiger partial charge in [0.05, 0.1) is 12.8 Å². The van der Waals surface area contributed by atoms with Gasteiger partial charge in [-0.3, -0.25) is 0 Å². The first-order valence-electron chi connectivity index (χ1n) is 4.39. The maximum atomic E-state index is 5.66. The van der Waals surface area contributed by atoms with Crippen LogP contribution in [0.2, 0.25) is 0 Å². The molecule has 15 heavy (non-hydrogen) atoms. The van der Waals surface area contributed by atoms with Crippen LogP contribution in [0.15, 0.2) is 18.6 Å². The minimum Gasteiger partial charge on any atom is -0.490 e. The lowest BCUT2D eigenvalue weighted by atomic mass is 10.5. The molecule has 2 N–H and O–H groups in total. The van der Waals surface area contributed by atoms with Gasteiger partial charge in [0.15, 0.2) is 5.82 Å². The van der Waals surface area contributed by atoms with E-state index in [1.54, 1.807) is 10.9 Å². The van der Waals surface area contributed by atoms with Crippen LogP contribution in [0.3, 0.4) is 0 Å². The lowest BCUT2D eigenvalue weighted by molar-refractivity contribution is 0.409. The molecule has 0 aliphatic rings. The summed E-state index contributed by atoms with van der Waals surface area (Å²) in [4.78, 5) is 7.92. The maximum absolute atomic E-state index is 5.66. The molecule has 2 rings (SSSR count). The Morgan fingerprint density at radius 3 is 2.80 bits per heavy atom. The van der Waals surface area contributed by atoms with Gasteiger partial charge in [-0.25, -0.2) is 14.6 Å². The largest absolute Gasteiger partial charge is 0.490 e. The van der Waals surface area contributed by atoms with Crippen LogP contribution in [0.5, 0.6) is 5.75 Å². The van der Waals surface area contributed by atoms with Crippen LogP contribution < -0.4 is 10.5 Å². The minimum atomic E-state index is 0.302. The van der Waals surface area contributed by atoms with Crippen LogP contribution in [0.25, 0.3) is 5.82 Å². The SMILES string of the molecule is COc1c(N)ncnc1-n1ccc(C)n1. The molecule has 0 bridgehead atoms. The van der Waals surface area contributed by atoms with E-state index < -0.39 is 0 Å². The molecular formula is C9H11N5O. The quantitative estimate of drug-likeness (QED) is 0.775. The molecular weight excluding hydrogens is 194 g/mol. The number of hydrogen-bond acceptors (Lipinski definition) is 5. The van der Waals surface area contributed by atoms with Gasteiger partial charge >= 0.3 is 0 Å². The number of anilines is 1. The number of ether oxygens (including phenoxy) is 1. The van der Waals surface area contributed by atoms with Crippen molar-refractivity contribution in [3.05, 3.63) is 24.3 Å². The van der Waals surface area contributed by atoms with E-state index in [1.807, 2.05) is 13.0 Å². The van der Waals surface area contributed by atoms with E-state index in [2.05, 4.69) is 15.1 Å². The van der Waals surface area contributed by atoms with E-state index in [1.165, 1.54) is 13.4 Å². The van der Waals surface area contributed by atoms with E-state index in [9.17, 15) is 0 Å². The average molecular weight is 205 g/mol. The summed E-state index contributed by atoms with van der Waals surface area (Å²) >= 11 is 0. The molecule has 0 radical (unpaired) electrons. The topological polar surface area (TPSA) is 78.9 Å². The Kier molecular flexibility index (Phi) is 2.24. The third-order valence-electron chi connectivity index (χ3n) is 1.96. The van der Waals surface area contributed by atoms with E-state index in [0.29, 0.717) is 17.4 Å². The van der Waals surface area contributed by atoms with Gasteiger partial charge in [-0.2, -0.15) is 5.10 Å². The summed E-state index contributed by atoms with van der Waals surface area (Å²) in [5.74, 6) is 1.27. The number of aromatic nitrogens is 4. The predicted octanol–water partition coefficient (Wildman–Crippen LogP) is 0.562. The van der Waals surface area contributed by atoms with Crippen LogP contribution in [0, 0.1) is 6.92 Å². The summed E-state index contributed by atoms with van der Waals surface area (Å²) in [5.41, 5.74) is 6.56. The highest BCUT2D eigenvalue weighted by Crippen LogP contribution is 2.24. The Morgan fingerprint density at radius 1 is 1.40 bits per heavy atom. The molecule has 6 nitrogen and oxygen atoms in total. The first-order chi connectivity index (χ1) is 7.22. The zero-order valence-electron chi connectivity index (χ0n) is 8.51. The van der Waals surface area contributed by atoms with Crippen molar-refractivity contribution in [2.75, 3.05) is 12.8 Å². The van der Waals surface area contributed by atoms with Crippen molar-refractivity contribution < 1.29 is 4.74 Å². The highest BCUT2D eigenvalue weighted by molar-refractivity contribution is 5.54. The molecule has 0 aliphatic heterocycles. The van der Waals surface area contributed by atoms with Crippen molar-refractivity contribution in [3.63, 3.8) is 0 Å². The highest BCUT2D eigenvalue weighted by Gasteiger charge is 2.11. The molecule has 2 aromatic heterocycles. The lowest BCUT2D eigenvalue weighted by Gasteiger charge is -2.08. The first kappa shape index (κ1) is 9.45. The molecule has 0 unspecified atom stereocenters. The number of methoxy groups -OCH3 is 1. The second-order valence-electron chi connectivity index (χ2n) is 3.02. The van der Waals surface area contributed by atoms with Gasteiger partial charge < -0.3 is 10.5 Å². The number of aryl methyl sites for hydroxylation is 1. The minimum absolute atomic E-state index is 0.302. The Morgan fingerprint density at radius 2 is 2.20 bits per heavy atom. The summed E-state index contributed by atoms with van der Waals surface area (Å²) in [5, 5.41) is 4.22. The van der Waals surface area contributed by atoms with Crippen molar-refractivity contribution in [1.29, 1.82) is 0 Å². The molecule has 0 saturated heterocycles. The van der Waals surface area contributed by atoms with Crippen LogP contribution in [0.4, 0.5) is 5.82 Å². The second-order valence-corrected chi connectivity index (χ2v) is 3.02. The van der Waals surface area contributed by atoms with Gasteiger partial charge in [-0.05, 0) is 13.0 Å². The molecule has 0 fully saturated rings. The predicted molar refractivity (Wildman–Crippen MR) is 54.9 cm³/mol. The monoisotopic (exact) mass is 205 g/mol. The van der Waals surface area contributed by atoms with Gasteiger partial charge in [-0.15, -0.1) is 0 Å². The zero-order chi connectivity index (χ0) is 10.8. The number of nitrogens with zero attached hydrogens (tertiary/aromatic N) is 4. The Hall–Kier alpha value is -2.11. The van der Waals surface area contributed by atoms with Gasteiger partial charge in [0.1, 0.15) is 6.33 Å². The van der Waals surface area contributed by atoms with Crippen molar-refractivity contribution in [2.45, 2.75) is 6.92 Å². The van der Waals surface area contributed by atoms with E-state index >= 15 is 0 Å². The summed E-state index contributed by atoms with van der Waals surface area (Å²) < 4.78 is 6.73. The third kappa shape index (κ3) is 1.61. The lowest BCUT2D eigenvalue weighted by Crippen LogP contribution is -2.05. The molecule has 0 aromatic carbocycles. The summed E-state index contributed by atoms with van der Waals surface area (Å²) in [6.07, 6.45) is 3.17. The highest BCUT2D eigenvalue weighted by atomic mass is 16.5. The molecule has 0 aliphatic carbocycles. The van der Waals surface area contributed by atoms with Crippen LogP contribution >= 0.6 is 0 Å². The first-order valence-corrected chi connectivity index (χ1v) is 4.39. The Bertz CT molecular complexity index is 479. The van der Waals surface area contributed by atoms with E-state index in [0.717, 1.165) is 5.69 Å². The zero-order valence-corrected chi connectivity index (χ0v) is 8.51.